The van der Waals surface area contributed by atoms with Crippen molar-refractivity contribution in [1.29, 1.82) is 0 Å². The van der Waals surface area contributed by atoms with Crippen LogP contribution < -0.4 is 5.32 Å². The molecule has 2 aliphatic heterocycles. The van der Waals surface area contributed by atoms with Gasteiger partial charge < -0.3 is 19.4 Å². The van der Waals surface area contributed by atoms with Crippen LogP contribution in [-0.2, 0) is 27.4 Å². The van der Waals surface area contributed by atoms with Crippen LogP contribution in [0.4, 0.5) is 0 Å². The number of morpholine rings is 1. The fourth-order valence-electron chi connectivity index (χ4n) is 3.97. The number of aryl methyl sites for hydroxylation is 2. The Hall–Kier alpha value is -2.36. The van der Waals surface area contributed by atoms with Gasteiger partial charge in [0.05, 0.1) is 30.9 Å². The Bertz CT molecular complexity index is 814. The van der Waals surface area contributed by atoms with Crippen molar-refractivity contribution in [2.24, 2.45) is 0 Å². The Kier molecular flexibility index (Phi) is 6.17. The third-order valence-electron chi connectivity index (χ3n) is 5.37. The Morgan fingerprint density at radius 2 is 2.31 bits per heavy atom. The number of carbonyl (C=O) groups excluding carboxylic acids is 1. The van der Waals surface area contributed by atoms with Crippen LogP contribution in [0.1, 0.15) is 24.2 Å². The van der Waals surface area contributed by atoms with Crippen molar-refractivity contribution in [2.75, 3.05) is 32.8 Å². The van der Waals surface area contributed by atoms with Crippen LogP contribution in [0.25, 0.3) is 0 Å². The van der Waals surface area contributed by atoms with Crippen molar-refractivity contribution in [2.45, 2.75) is 44.6 Å². The van der Waals surface area contributed by atoms with E-state index in [1.54, 1.807) is 24.9 Å². The van der Waals surface area contributed by atoms with E-state index in [0.717, 1.165) is 44.0 Å². The molecule has 4 rings (SSSR count). The Morgan fingerprint density at radius 1 is 1.38 bits per heavy atom. The molecule has 1 amide bonds. The quantitative estimate of drug-likeness (QED) is 0.678. The molecule has 2 fully saturated rings. The molecule has 0 aromatic carbocycles. The molecule has 156 valence electrons. The summed E-state index contributed by atoms with van der Waals surface area (Å²) in [6, 6.07) is 0. The average Bonchev–Trinajstić information content (AvgIpc) is 3.36. The van der Waals surface area contributed by atoms with Gasteiger partial charge in [0.25, 0.3) is 0 Å². The van der Waals surface area contributed by atoms with Gasteiger partial charge in [-0.25, -0.2) is 4.98 Å². The van der Waals surface area contributed by atoms with E-state index in [4.69, 9.17) is 9.47 Å². The summed E-state index contributed by atoms with van der Waals surface area (Å²) >= 11 is 0. The SMILES string of the molecule is Cc1cncc(CN2CCOC3(COC(C(=O)NCCCn4ccnc4)C3)C2)n1. The highest BCUT2D eigenvalue weighted by molar-refractivity contribution is 5.81. The van der Waals surface area contributed by atoms with E-state index in [-0.39, 0.29) is 5.91 Å². The molecule has 4 heterocycles. The summed E-state index contributed by atoms with van der Waals surface area (Å²) in [5.41, 5.74) is 1.45. The van der Waals surface area contributed by atoms with Crippen LogP contribution in [0.15, 0.2) is 31.1 Å². The number of hydrogen-bond donors (Lipinski definition) is 1. The number of hydrogen-bond acceptors (Lipinski definition) is 7. The maximum atomic E-state index is 12.5. The third kappa shape index (κ3) is 5.17. The van der Waals surface area contributed by atoms with E-state index in [2.05, 4.69) is 25.2 Å². The molecule has 29 heavy (non-hydrogen) atoms. The molecule has 9 nitrogen and oxygen atoms in total. The molecule has 0 aliphatic carbocycles. The fourth-order valence-corrected chi connectivity index (χ4v) is 3.97. The first-order valence-corrected chi connectivity index (χ1v) is 10.1. The normalized spacial score (nSPS) is 24.8. The Labute approximate surface area is 170 Å². The highest BCUT2D eigenvalue weighted by Crippen LogP contribution is 2.32. The van der Waals surface area contributed by atoms with Crippen LogP contribution >= 0.6 is 0 Å². The fraction of sp³-hybridized carbons (Fsp3) is 0.600. The van der Waals surface area contributed by atoms with E-state index in [0.29, 0.717) is 26.2 Å². The highest BCUT2D eigenvalue weighted by Gasteiger charge is 2.46. The van der Waals surface area contributed by atoms with Gasteiger partial charge >= 0.3 is 0 Å². The van der Waals surface area contributed by atoms with Gasteiger partial charge in [0.2, 0.25) is 5.91 Å². The monoisotopic (exact) mass is 400 g/mol. The van der Waals surface area contributed by atoms with Gasteiger partial charge in [-0.05, 0) is 13.3 Å². The molecule has 2 atom stereocenters. The zero-order valence-electron chi connectivity index (χ0n) is 16.8. The van der Waals surface area contributed by atoms with Crippen LogP contribution in [0.2, 0.25) is 0 Å². The van der Waals surface area contributed by atoms with Crippen LogP contribution in [-0.4, -0.2) is 74.9 Å². The van der Waals surface area contributed by atoms with Crippen LogP contribution in [0.5, 0.6) is 0 Å². The van der Waals surface area contributed by atoms with Crippen molar-refractivity contribution in [1.82, 2.24) is 29.7 Å². The van der Waals surface area contributed by atoms with E-state index < -0.39 is 11.7 Å². The summed E-state index contributed by atoms with van der Waals surface area (Å²) in [4.78, 5) is 27.6. The van der Waals surface area contributed by atoms with Crippen molar-refractivity contribution in [3.8, 4) is 0 Å². The number of ether oxygens (including phenoxy) is 2. The van der Waals surface area contributed by atoms with E-state index in [1.807, 2.05) is 17.7 Å². The molecule has 1 spiro atoms. The van der Waals surface area contributed by atoms with Crippen molar-refractivity contribution in [3.05, 3.63) is 42.5 Å². The molecule has 0 bridgehead atoms. The topological polar surface area (TPSA) is 94.4 Å². The molecular weight excluding hydrogens is 372 g/mol. The largest absolute Gasteiger partial charge is 0.370 e. The molecule has 2 aliphatic rings. The minimum atomic E-state index is -0.457. The number of carbonyl (C=O) groups is 1. The maximum absolute atomic E-state index is 12.5. The molecule has 2 unspecified atom stereocenters. The second-order valence-corrected chi connectivity index (χ2v) is 7.84. The first-order chi connectivity index (χ1) is 14.1. The second-order valence-electron chi connectivity index (χ2n) is 7.84. The predicted octanol–water partition coefficient (Wildman–Crippen LogP) is 0.548. The smallest absolute Gasteiger partial charge is 0.249 e. The van der Waals surface area contributed by atoms with Gasteiger partial charge in [0, 0.05) is 63.9 Å². The van der Waals surface area contributed by atoms with Crippen molar-refractivity contribution >= 4 is 5.91 Å². The predicted molar refractivity (Wildman–Crippen MR) is 105 cm³/mol. The summed E-state index contributed by atoms with van der Waals surface area (Å²) < 4.78 is 13.9. The third-order valence-corrected chi connectivity index (χ3v) is 5.37. The number of amides is 1. The van der Waals surface area contributed by atoms with Gasteiger partial charge in [0.1, 0.15) is 11.7 Å². The standard InChI is InChI=1S/C20H28N6O3/c1-16-10-22-11-17(24-16)12-26-7-8-29-20(13-26)9-18(28-14-20)19(27)23-3-2-5-25-6-4-21-15-25/h4,6,10-11,15,18H,2-3,5,7-9,12-14H2,1H3,(H,23,27). The lowest BCUT2D eigenvalue weighted by atomic mass is 9.97. The lowest BCUT2D eigenvalue weighted by Crippen LogP contribution is -2.52. The molecule has 2 aromatic rings. The van der Waals surface area contributed by atoms with E-state index in [1.165, 1.54) is 0 Å². The van der Waals surface area contributed by atoms with E-state index >= 15 is 0 Å². The van der Waals surface area contributed by atoms with Gasteiger partial charge in [-0.1, -0.05) is 0 Å². The van der Waals surface area contributed by atoms with E-state index in [9.17, 15) is 4.79 Å². The average molecular weight is 400 g/mol. The maximum Gasteiger partial charge on any atom is 0.249 e. The zero-order chi connectivity index (χ0) is 20.1. The van der Waals surface area contributed by atoms with Gasteiger partial charge in [0.15, 0.2) is 0 Å². The molecule has 2 saturated heterocycles. The molecule has 9 heteroatoms. The Balaban J connectivity index is 1.24. The summed E-state index contributed by atoms with van der Waals surface area (Å²) in [6.07, 6.45) is 9.98. The minimum Gasteiger partial charge on any atom is -0.370 e. The van der Waals surface area contributed by atoms with Crippen LogP contribution in [0, 0.1) is 6.92 Å². The van der Waals surface area contributed by atoms with Crippen molar-refractivity contribution in [3.63, 3.8) is 0 Å². The number of aromatic nitrogens is 4. The summed E-state index contributed by atoms with van der Waals surface area (Å²) in [7, 11) is 0. The minimum absolute atomic E-state index is 0.0576. The highest BCUT2D eigenvalue weighted by atomic mass is 16.6. The van der Waals surface area contributed by atoms with Crippen LogP contribution in [0.3, 0.4) is 0 Å². The lowest BCUT2D eigenvalue weighted by Gasteiger charge is -2.39. The first-order valence-electron chi connectivity index (χ1n) is 10.1. The number of rotatable bonds is 7. The zero-order valence-corrected chi connectivity index (χ0v) is 16.8. The molecule has 2 aromatic heterocycles. The summed E-state index contributed by atoms with van der Waals surface area (Å²) in [5.74, 6) is -0.0576. The lowest BCUT2D eigenvalue weighted by molar-refractivity contribution is -0.130. The Morgan fingerprint density at radius 3 is 3.14 bits per heavy atom. The molecular formula is C20H28N6O3. The van der Waals surface area contributed by atoms with Gasteiger partial charge in [-0.15, -0.1) is 0 Å². The summed E-state index contributed by atoms with van der Waals surface area (Å²) in [6.45, 7) is 6.75. The number of imidazole rings is 1. The van der Waals surface area contributed by atoms with Crippen molar-refractivity contribution < 1.29 is 14.3 Å². The molecule has 1 N–H and O–H groups in total. The van der Waals surface area contributed by atoms with Gasteiger partial charge in [-0.2, -0.15) is 0 Å². The van der Waals surface area contributed by atoms with Gasteiger partial charge in [-0.3, -0.25) is 19.7 Å². The number of nitrogens with one attached hydrogen (secondary N) is 1. The number of nitrogens with zero attached hydrogens (tertiary/aromatic N) is 5. The second kappa shape index (κ2) is 8.98. The summed E-state index contributed by atoms with van der Waals surface area (Å²) in [5, 5.41) is 2.98. The molecule has 0 saturated carbocycles. The first kappa shape index (κ1) is 19.9. The molecule has 0 radical (unpaired) electrons.